The predicted octanol–water partition coefficient (Wildman–Crippen LogP) is 1.98. The standard InChI is InChI=1S/C15H17N3O3/c1-21-10-15(20)18-12-4-2-3-11(7-12)16-8-13-5-6-14(19)9-17-13/h2-7,9,16,19H,8,10H2,1H3,(H,18,20). The fourth-order valence-corrected chi connectivity index (χ4v) is 1.75. The molecule has 3 N–H and O–H groups in total. The van der Waals surface area contributed by atoms with Crippen molar-refractivity contribution in [3.63, 3.8) is 0 Å². The van der Waals surface area contributed by atoms with Gasteiger partial charge in [-0.1, -0.05) is 6.07 Å². The molecule has 0 spiro atoms. The van der Waals surface area contributed by atoms with Gasteiger partial charge in [-0.15, -0.1) is 0 Å². The van der Waals surface area contributed by atoms with Crippen molar-refractivity contribution in [1.29, 1.82) is 0 Å². The van der Waals surface area contributed by atoms with E-state index in [0.29, 0.717) is 12.2 Å². The Kier molecular flexibility index (Phi) is 5.11. The lowest BCUT2D eigenvalue weighted by molar-refractivity contribution is -0.119. The van der Waals surface area contributed by atoms with Gasteiger partial charge in [-0.05, 0) is 30.3 Å². The summed E-state index contributed by atoms with van der Waals surface area (Å²) in [7, 11) is 1.47. The van der Waals surface area contributed by atoms with E-state index in [1.54, 1.807) is 18.2 Å². The molecule has 0 saturated carbocycles. The van der Waals surface area contributed by atoms with Gasteiger partial charge in [-0.3, -0.25) is 9.78 Å². The highest BCUT2D eigenvalue weighted by Crippen LogP contribution is 2.16. The van der Waals surface area contributed by atoms with Crippen molar-refractivity contribution in [3.05, 3.63) is 48.3 Å². The Bertz CT molecular complexity index is 599. The van der Waals surface area contributed by atoms with Crippen LogP contribution in [0.1, 0.15) is 5.69 Å². The third-order valence-corrected chi connectivity index (χ3v) is 2.70. The molecule has 0 aliphatic rings. The highest BCUT2D eigenvalue weighted by molar-refractivity contribution is 5.92. The number of amides is 1. The highest BCUT2D eigenvalue weighted by atomic mass is 16.5. The molecule has 1 aromatic carbocycles. The summed E-state index contributed by atoms with van der Waals surface area (Å²) >= 11 is 0. The van der Waals surface area contributed by atoms with Gasteiger partial charge < -0.3 is 20.5 Å². The van der Waals surface area contributed by atoms with Gasteiger partial charge in [0, 0.05) is 18.5 Å². The third-order valence-electron chi connectivity index (χ3n) is 2.70. The van der Waals surface area contributed by atoms with E-state index in [1.165, 1.54) is 13.3 Å². The normalized spacial score (nSPS) is 10.1. The first-order valence-electron chi connectivity index (χ1n) is 6.44. The first kappa shape index (κ1) is 14.8. The number of nitrogens with one attached hydrogen (secondary N) is 2. The lowest BCUT2D eigenvalue weighted by Gasteiger charge is -2.09. The van der Waals surface area contributed by atoms with Gasteiger partial charge in [-0.2, -0.15) is 0 Å². The summed E-state index contributed by atoms with van der Waals surface area (Å²) in [5.74, 6) is -0.0588. The molecule has 110 valence electrons. The fraction of sp³-hybridized carbons (Fsp3) is 0.200. The van der Waals surface area contributed by atoms with Crippen LogP contribution in [-0.2, 0) is 16.1 Å². The zero-order chi connectivity index (χ0) is 15.1. The Labute approximate surface area is 122 Å². The quantitative estimate of drug-likeness (QED) is 0.756. The fourth-order valence-electron chi connectivity index (χ4n) is 1.75. The van der Waals surface area contributed by atoms with Crippen molar-refractivity contribution >= 4 is 17.3 Å². The number of benzene rings is 1. The zero-order valence-electron chi connectivity index (χ0n) is 11.7. The maximum Gasteiger partial charge on any atom is 0.250 e. The molecule has 0 aliphatic heterocycles. The van der Waals surface area contributed by atoms with Crippen LogP contribution in [-0.4, -0.2) is 29.7 Å². The lowest BCUT2D eigenvalue weighted by atomic mass is 10.2. The first-order valence-corrected chi connectivity index (χ1v) is 6.44. The van der Waals surface area contributed by atoms with Crippen LogP contribution in [0.3, 0.4) is 0 Å². The molecule has 0 fully saturated rings. The Morgan fingerprint density at radius 2 is 2.10 bits per heavy atom. The minimum absolute atomic E-state index is 0.0229. The summed E-state index contributed by atoms with van der Waals surface area (Å²) in [6.45, 7) is 0.546. The summed E-state index contributed by atoms with van der Waals surface area (Å²) < 4.78 is 4.76. The summed E-state index contributed by atoms with van der Waals surface area (Å²) in [6.07, 6.45) is 1.40. The molecule has 1 heterocycles. The molecule has 0 bridgehead atoms. The molecule has 2 rings (SSSR count). The molecular formula is C15H17N3O3. The lowest BCUT2D eigenvalue weighted by Crippen LogP contribution is -2.17. The zero-order valence-corrected chi connectivity index (χ0v) is 11.7. The predicted molar refractivity (Wildman–Crippen MR) is 80.2 cm³/mol. The Hall–Kier alpha value is -2.60. The first-order chi connectivity index (χ1) is 10.2. The van der Waals surface area contributed by atoms with Crippen molar-refractivity contribution in [2.45, 2.75) is 6.54 Å². The van der Waals surface area contributed by atoms with Crippen LogP contribution < -0.4 is 10.6 Å². The number of ether oxygens (including phenoxy) is 1. The number of carbonyl (C=O) groups excluding carboxylic acids is 1. The number of nitrogens with zero attached hydrogens (tertiary/aromatic N) is 1. The van der Waals surface area contributed by atoms with Gasteiger partial charge in [0.15, 0.2) is 0 Å². The van der Waals surface area contributed by atoms with E-state index in [9.17, 15) is 9.90 Å². The van der Waals surface area contributed by atoms with Crippen LogP contribution >= 0.6 is 0 Å². The van der Waals surface area contributed by atoms with E-state index >= 15 is 0 Å². The van der Waals surface area contributed by atoms with Crippen molar-refractivity contribution in [3.8, 4) is 5.75 Å². The number of anilines is 2. The molecule has 0 aliphatic carbocycles. The van der Waals surface area contributed by atoms with Crippen LogP contribution in [0, 0.1) is 0 Å². The van der Waals surface area contributed by atoms with E-state index < -0.39 is 0 Å². The molecular weight excluding hydrogens is 270 g/mol. The van der Waals surface area contributed by atoms with E-state index in [0.717, 1.165) is 11.4 Å². The van der Waals surface area contributed by atoms with Gasteiger partial charge in [0.05, 0.1) is 18.4 Å². The van der Waals surface area contributed by atoms with Gasteiger partial charge in [0.25, 0.3) is 0 Å². The monoisotopic (exact) mass is 287 g/mol. The number of carbonyl (C=O) groups is 1. The number of aromatic hydroxyl groups is 1. The molecule has 6 heteroatoms. The van der Waals surface area contributed by atoms with Crippen LogP contribution in [0.2, 0.25) is 0 Å². The van der Waals surface area contributed by atoms with Crippen molar-refractivity contribution in [2.24, 2.45) is 0 Å². The second-order valence-corrected chi connectivity index (χ2v) is 4.42. The average molecular weight is 287 g/mol. The molecule has 2 aromatic rings. The van der Waals surface area contributed by atoms with Crippen LogP contribution in [0.25, 0.3) is 0 Å². The van der Waals surface area contributed by atoms with Gasteiger partial charge in [-0.25, -0.2) is 0 Å². The van der Waals surface area contributed by atoms with Crippen molar-refractivity contribution < 1.29 is 14.6 Å². The highest BCUT2D eigenvalue weighted by Gasteiger charge is 2.02. The molecule has 21 heavy (non-hydrogen) atoms. The molecule has 1 aromatic heterocycles. The second-order valence-electron chi connectivity index (χ2n) is 4.42. The third kappa shape index (κ3) is 4.77. The van der Waals surface area contributed by atoms with E-state index in [2.05, 4.69) is 15.6 Å². The number of hydrogen-bond acceptors (Lipinski definition) is 5. The smallest absolute Gasteiger partial charge is 0.250 e. The number of hydrogen-bond donors (Lipinski definition) is 3. The Morgan fingerprint density at radius 1 is 1.29 bits per heavy atom. The van der Waals surface area contributed by atoms with Crippen LogP contribution in [0.4, 0.5) is 11.4 Å². The molecule has 0 unspecified atom stereocenters. The van der Waals surface area contributed by atoms with Gasteiger partial charge in [0.2, 0.25) is 5.91 Å². The van der Waals surface area contributed by atoms with Crippen molar-refractivity contribution in [1.82, 2.24) is 4.98 Å². The summed E-state index contributed by atoms with van der Waals surface area (Å²) in [4.78, 5) is 15.5. The number of rotatable bonds is 6. The largest absolute Gasteiger partial charge is 0.506 e. The summed E-state index contributed by atoms with van der Waals surface area (Å²) in [5.41, 5.74) is 2.36. The molecule has 0 radical (unpaired) electrons. The Balaban J connectivity index is 1.94. The van der Waals surface area contributed by atoms with E-state index in [1.807, 2.05) is 18.2 Å². The number of pyridine rings is 1. The van der Waals surface area contributed by atoms with E-state index in [-0.39, 0.29) is 18.3 Å². The number of aromatic nitrogens is 1. The van der Waals surface area contributed by atoms with Gasteiger partial charge in [0.1, 0.15) is 12.4 Å². The molecule has 0 atom stereocenters. The van der Waals surface area contributed by atoms with Crippen LogP contribution in [0.5, 0.6) is 5.75 Å². The maximum atomic E-state index is 11.4. The minimum Gasteiger partial charge on any atom is -0.506 e. The van der Waals surface area contributed by atoms with E-state index in [4.69, 9.17) is 4.74 Å². The summed E-state index contributed by atoms with van der Waals surface area (Å²) in [6, 6.07) is 10.7. The molecule has 6 nitrogen and oxygen atoms in total. The Morgan fingerprint density at radius 3 is 2.81 bits per heavy atom. The maximum absolute atomic E-state index is 11.4. The second kappa shape index (κ2) is 7.25. The topological polar surface area (TPSA) is 83.5 Å². The molecule has 0 saturated heterocycles. The SMILES string of the molecule is COCC(=O)Nc1cccc(NCc2ccc(O)cn2)c1. The minimum atomic E-state index is -0.199. The molecule has 1 amide bonds. The van der Waals surface area contributed by atoms with Crippen molar-refractivity contribution in [2.75, 3.05) is 24.4 Å². The van der Waals surface area contributed by atoms with Crippen LogP contribution in [0.15, 0.2) is 42.6 Å². The average Bonchev–Trinajstić information content (AvgIpc) is 2.47. The summed E-state index contributed by atoms with van der Waals surface area (Å²) in [5, 5.41) is 15.1. The van der Waals surface area contributed by atoms with Gasteiger partial charge >= 0.3 is 0 Å². The number of methoxy groups -OCH3 is 1.